The first-order valence-electron chi connectivity index (χ1n) is 48.1. The van der Waals surface area contributed by atoms with Crippen molar-refractivity contribution in [3.05, 3.63) is 203 Å². The van der Waals surface area contributed by atoms with E-state index < -0.39 is 0 Å². The summed E-state index contributed by atoms with van der Waals surface area (Å²) < 4.78 is 16.9. The first kappa shape index (κ1) is 129. The van der Waals surface area contributed by atoms with Gasteiger partial charge in [-0.05, 0) is 163 Å². The van der Waals surface area contributed by atoms with Gasteiger partial charge in [0.2, 0.25) is 0 Å². The molecule has 2 saturated carbocycles. The Labute approximate surface area is 747 Å². The zero-order valence-corrected chi connectivity index (χ0v) is 87.3. The molecule has 0 aromatic heterocycles. The van der Waals surface area contributed by atoms with E-state index in [1.54, 1.807) is 19.2 Å². The molecule has 0 spiro atoms. The molecule has 0 amide bonds. The molecule has 4 heteroatoms. The summed E-state index contributed by atoms with van der Waals surface area (Å²) in [7, 11) is 3.83. The Bertz CT molecular complexity index is 3000. The van der Waals surface area contributed by atoms with Crippen LogP contribution in [0.25, 0.3) is 21.5 Å². The van der Waals surface area contributed by atoms with Gasteiger partial charge in [0.05, 0.1) is 6.61 Å². The second kappa shape index (κ2) is 86.4. The highest BCUT2D eigenvalue weighted by Gasteiger charge is 2.10. The predicted molar refractivity (Wildman–Crippen MR) is 550 cm³/mol. The molecule has 1 atom stereocenters. The van der Waals surface area contributed by atoms with Crippen LogP contribution in [0, 0.1) is 97.6 Å². The smallest absolute Gasteiger partial charge is 0.123 e. The molecular weight excluding hydrogens is 1450 g/mol. The van der Waals surface area contributed by atoms with E-state index >= 15 is 0 Å². The van der Waals surface area contributed by atoms with Crippen molar-refractivity contribution in [3.8, 4) is 0 Å². The number of rotatable bonds is 17. The fourth-order valence-electron chi connectivity index (χ4n) is 10.8. The summed E-state index contributed by atoms with van der Waals surface area (Å²) >= 11 is 0. The second-order valence-corrected chi connectivity index (χ2v) is 39.8. The number of halogens is 1. The van der Waals surface area contributed by atoms with E-state index in [9.17, 15) is 4.39 Å². The third kappa shape index (κ3) is 113. The van der Waals surface area contributed by atoms with Gasteiger partial charge in [-0.1, -0.05) is 544 Å². The minimum absolute atomic E-state index is 0.139. The number of nitrogens with zero attached hydrogens (tertiary/aromatic N) is 1. The predicted octanol–water partition coefficient (Wildman–Crippen LogP) is 38.6. The molecular formula is C115H208FNO2. The van der Waals surface area contributed by atoms with Gasteiger partial charge in [-0.25, -0.2) is 4.39 Å². The Morgan fingerprint density at radius 2 is 0.807 bits per heavy atom. The summed E-state index contributed by atoms with van der Waals surface area (Å²) in [4.78, 5) is 2.25. The van der Waals surface area contributed by atoms with E-state index in [0.29, 0.717) is 27.6 Å². The third-order valence-corrected chi connectivity index (χ3v) is 18.6. The highest BCUT2D eigenvalue weighted by Crippen LogP contribution is 2.26. The molecule has 3 nitrogen and oxygen atoms in total. The summed E-state index contributed by atoms with van der Waals surface area (Å²) in [5.74, 6) is 5.48. The van der Waals surface area contributed by atoms with Gasteiger partial charge in [0.15, 0.2) is 0 Å². The van der Waals surface area contributed by atoms with E-state index in [2.05, 4.69) is 344 Å². The van der Waals surface area contributed by atoms with Crippen LogP contribution in [0.5, 0.6) is 0 Å². The van der Waals surface area contributed by atoms with E-state index in [0.717, 1.165) is 60.4 Å². The number of ether oxygens (including phenoxy) is 1. The Morgan fingerprint density at radius 3 is 1.09 bits per heavy atom. The van der Waals surface area contributed by atoms with E-state index in [1.807, 2.05) is 70.2 Å². The Hall–Kier alpha value is -5.13. The van der Waals surface area contributed by atoms with E-state index in [-0.39, 0.29) is 12.4 Å². The zero-order chi connectivity index (χ0) is 93.3. The summed E-state index contributed by atoms with van der Waals surface area (Å²) in [5, 5.41) is 14.0. The normalized spacial score (nSPS) is 12.3. The zero-order valence-electron chi connectivity index (χ0n) is 87.3. The van der Waals surface area contributed by atoms with Crippen molar-refractivity contribution in [3.63, 3.8) is 0 Å². The SMILES string of the molecule is CC.CC(C)(C)C.CC(C)(C)C.CC(C)(C)C.CC1CCCCC1.CCC(C)CC.CCC1CCCCC1.CCCC(C)(C)C.CCCC(C)CCC.CCCCC(C)CC.CCN(C)CC.COCC(C)C.Cc1ccc(CO)cc1.Cc1ccc(F)cc1.Cc1ccc2ccccc2c1.Cc1cccc2ccccc12.Cc1ccccc1. The minimum Gasteiger partial charge on any atom is -0.392 e. The molecule has 2 fully saturated rings. The third-order valence-electron chi connectivity index (χ3n) is 18.6. The van der Waals surface area contributed by atoms with Crippen LogP contribution >= 0.6 is 0 Å². The molecule has 1 N–H and O–H groups in total. The largest absolute Gasteiger partial charge is 0.392 e. The molecule has 1 unspecified atom stereocenters. The number of methoxy groups -OCH3 is 1. The van der Waals surface area contributed by atoms with Crippen LogP contribution in [0.3, 0.4) is 0 Å². The maximum atomic E-state index is 12.1. The highest BCUT2D eigenvalue weighted by molar-refractivity contribution is 5.85. The first-order chi connectivity index (χ1) is 55.6. The molecule has 0 aliphatic heterocycles. The van der Waals surface area contributed by atoms with Crippen molar-refractivity contribution in [2.75, 3.05) is 33.9 Å². The lowest BCUT2D eigenvalue weighted by molar-refractivity contribution is 0.167. The van der Waals surface area contributed by atoms with Gasteiger partial charge in [-0.2, -0.15) is 0 Å². The average Bonchev–Trinajstić information content (AvgIpc) is 0.852. The van der Waals surface area contributed by atoms with Crippen molar-refractivity contribution in [1.29, 1.82) is 0 Å². The Kier molecular flexibility index (Phi) is 94.0. The van der Waals surface area contributed by atoms with Crippen LogP contribution in [0.15, 0.2) is 164 Å². The Morgan fingerprint density at radius 1 is 0.420 bits per heavy atom. The fourth-order valence-corrected chi connectivity index (χ4v) is 10.8. The van der Waals surface area contributed by atoms with Crippen molar-refractivity contribution < 1.29 is 14.2 Å². The summed E-state index contributed by atoms with van der Waals surface area (Å²) in [6.45, 7) is 86.6. The number of benzene rings is 7. The monoisotopic (exact) mass is 1650 g/mol. The van der Waals surface area contributed by atoms with Crippen LogP contribution in [-0.4, -0.2) is 43.9 Å². The lowest BCUT2D eigenvalue weighted by Crippen LogP contribution is -2.15. The topological polar surface area (TPSA) is 32.7 Å². The van der Waals surface area contributed by atoms with Crippen LogP contribution < -0.4 is 0 Å². The van der Waals surface area contributed by atoms with Gasteiger partial charge in [0.1, 0.15) is 5.82 Å². The van der Waals surface area contributed by atoms with Gasteiger partial charge in [-0.15, -0.1) is 0 Å². The summed E-state index contributed by atoms with van der Waals surface area (Å²) in [6.07, 6.45) is 32.7. The molecule has 0 heterocycles. The molecule has 7 aromatic carbocycles. The molecule has 0 bridgehead atoms. The quantitative estimate of drug-likeness (QED) is 0.0986. The molecule has 2 aliphatic carbocycles. The Balaban J connectivity index is -0.000000185. The maximum absolute atomic E-state index is 12.1. The minimum atomic E-state index is -0.171. The number of aliphatic hydroxyl groups excluding tert-OH is 1. The van der Waals surface area contributed by atoms with Gasteiger partial charge < -0.3 is 14.7 Å². The van der Waals surface area contributed by atoms with Crippen LogP contribution in [-0.2, 0) is 11.3 Å². The average molecular weight is 1660 g/mol. The molecule has 0 saturated heterocycles. The van der Waals surface area contributed by atoms with Gasteiger partial charge in [0, 0.05) is 13.7 Å². The fraction of sp³-hybridized carbons (Fsp3) is 0.670. The van der Waals surface area contributed by atoms with Crippen LogP contribution in [0.2, 0.25) is 0 Å². The highest BCUT2D eigenvalue weighted by atomic mass is 19.1. The lowest BCUT2D eigenvalue weighted by Gasteiger charge is -2.18. The first-order valence-corrected chi connectivity index (χ1v) is 48.1. The van der Waals surface area contributed by atoms with Gasteiger partial charge >= 0.3 is 0 Å². The number of hydrogen-bond acceptors (Lipinski definition) is 3. The lowest BCUT2D eigenvalue weighted by atomic mass is 9.88. The number of hydrogen-bond donors (Lipinski definition) is 1. The summed E-state index contributed by atoms with van der Waals surface area (Å²) in [5.41, 5.74) is 9.34. The standard InChI is InChI=1S/2C11H10.C8H10O.C8H16.2C8H18.C7H7F.C7H14.C7H8.C7H16.C6H14.C5H13N.C5H12O.3C5H12.C2H6/c1-9-5-4-7-10-6-2-3-8-11(9)10;1-9-6-7-10-4-2-3-5-11(10)8-9;1-7-2-4-8(6-9)5-3-7;1-2-8-6-4-3-5-7-8;1-4-6-7-8(3)5-2;1-4-6-8(3)7-5-2;1-6-2-4-7(8)5-3-6;2*1-7-5-3-2-4-6-7;1-5-6-7(2,3)4;2*1-4-6(3)5-2;1-5(2)4-6-3;3*1-5(2,3)4;1-2/h2*2-8H,1H3;2-5,9H,6H2,1H3;8H,2-7H2,1H3;2*8H,4-7H2,1-3H3;2-5H,1H3;7H,2-6H2,1H3;2-6H,1H3;5-6H2,1-4H3;6H,4-5H2,1-3H3;4-5H2,1-3H3;5H,4H2,1-3H3;3*1-4H3;1-2H3. The second-order valence-electron chi connectivity index (χ2n) is 39.8. The van der Waals surface area contributed by atoms with Gasteiger partial charge in [-0.3, -0.25) is 0 Å². The van der Waals surface area contributed by atoms with Crippen molar-refractivity contribution in [1.82, 2.24) is 4.90 Å². The summed E-state index contributed by atoms with van der Waals surface area (Å²) in [6, 6.07) is 54.2. The van der Waals surface area contributed by atoms with Crippen molar-refractivity contribution in [2.45, 2.75) is 417 Å². The molecule has 0 radical (unpaired) electrons. The number of aliphatic hydroxyl groups is 1. The molecule has 9 rings (SSSR count). The van der Waals surface area contributed by atoms with E-state index in [4.69, 9.17) is 9.84 Å². The van der Waals surface area contributed by atoms with Crippen LogP contribution in [0.4, 0.5) is 4.39 Å². The van der Waals surface area contributed by atoms with Crippen LogP contribution in [0.1, 0.15) is 410 Å². The molecule has 119 heavy (non-hydrogen) atoms. The molecule has 692 valence electrons. The molecule has 2 aliphatic rings. The number of fused-ring (bicyclic) bond motifs is 2. The van der Waals surface area contributed by atoms with Crippen molar-refractivity contribution in [2.24, 2.45) is 57.2 Å². The maximum Gasteiger partial charge on any atom is 0.123 e. The van der Waals surface area contributed by atoms with Crippen molar-refractivity contribution >= 4 is 21.5 Å². The number of aryl methyl sites for hydroxylation is 5. The molecule has 7 aromatic rings. The van der Waals surface area contributed by atoms with E-state index in [1.165, 1.54) is 204 Å². The number of unbranched alkanes of at least 4 members (excludes halogenated alkanes) is 1. The van der Waals surface area contributed by atoms with Gasteiger partial charge in [0.25, 0.3) is 0 Å².